The quantitative estimate of drug-likeness (QED) is 0.781. The second-order valence-electron chi connectivity index (χ2n) is 3.99. The molecular formula is C11H15ClN4O. The van der Waals surface area contributed by atoms with E-state index in [2.05, 4.69) is 9.98 Å². The molecule has 2 atom stereocenters. The average molecular weight is 255 g/mol. The summed E-state index contributed by atoms with van der Waals surface area (Å²) >= 11 is 5.86. The van der Waals surface area contributed by atoms with Crippen LogP contribution in [0, 0.1) is 0 Å². The van der Waals surface area contributed by atoms with Gasteiger partial charge in [-0.3, -0.25) is 0 Å². The average Bonchev–Trinajstić information content (AvgIpc) is 2.72. The first-order valence-electron chi connectivity index (χ1n) is 5.47. The van der Waals surface area contributed by atoms with E-state index in [1.54, 1.807) is 6.07 Å². The first-order chi connectivity index (χ1) is 8.19. The van der Waals surface area contributed by atoms with Crippen LogP contribution in [0.15, 0.2) is 23.2 Å². The number of aromatic nitrogens is 1. The van der Waals surface area contributed by atoms with Crippen molar-refractivity contribution in [2.75, 3.05) is 13.2 Å². The third-order valence-corrected chi connectivity index (χ3v) is 2.94. The zero-order valence-electron chi connectivity index (χ0n) is 9.34. The van der Waals surface area contributed by atoms with Crippen LogP contribution in [0.3, 0.4) is 0 Å². The van der Waals surface area contributed by atoms with Crippen molar-refractivity contribution >= 4 is 17.6 Å². The fourth-order valence-electron chi connectivity index (χ4n) is 1.87. The molecule has 92 valence electrons. The van der Waals surface area contributed by atoms with Gasteiger partial charge in [-0.15, -0.1) is 0 Å². The van der Waals surface area contributed by atoms with E-state index in [1.807, 2.05) is 12.1 Å². The van der Waals surface area contributed by atoms with Crippen LogP contribution in [0.4, 0.5) is 0 Å². The van der Waals surface area contributed by atoms with Crippen molar-refractivity contribution in [3.8, 4) is 0 Å². The molecule has 1 aliphatic rings. The number of hydrogen-bond acceptors (Lipinski definition) is 5. The van der Waals surface area contributed by atoms with E-state index in [9.17, 15) is 0 Å². The lowest BCUT2D eigenvalue weighted by molar-refractivity contribution is 0.301. The Balaban J connectivity index is 2.06. The van der Waals surface area contributed by atoms with Gasteiger partial charge >= 0.3 is 0 Å². The summed E-state index contributed by atoms with van der Waals surface area (Å²) in [5, 5.41) is 0.478. The molecule has 0 fully saturated rings. The minimum atomic E-state index is 0.0596. The molecular weight excluding hydrogens is 240 g/mol. The number of ether oxygens (including phenoxy) is 1. The smallest absolute Gasteiger partial charge is 0.282 e. The number of aliphatic imine (C=N–C) groups is 1. The summed E-state index contributed by atoms with van der Waals surface area (Å²) in [5.41, 5.74) is 12.1. The van der Waals surface area contributed by atoms with Crippen LogP contribution in [0.2, 0.25) is 5.15 Å². The molecule has 1 aromatic rings. The van der Waals surface area contributed by atoms with Crippen LogP contribution < -0.4 is 11.5 Å². The Bertz CT molecular complexity index is 424. The maximum atomic E-state index is 5.86. The molecule has 17 heavy (non-hydrogen) atoms. The van der Waals surface area contributed by atoms with Crippen molar-refractivity contribution < 1.29 is 4.74 Å². The highest BCUT2D eigenvalue weighted by molar-refractivity contribution is 6.29. The van der Waals surface area contributed by atoms with Gasteiger partial charge in [0.25, 0.3) is 6.02 Å². The van der Waals surface area contributed by atoms with E-state index in [0.717, 1.165) is 12.1 Å². The zero-order chi connectivity index (χ0) is 12.3. The highest BCUT2D eigenvalue weighted by atomic mass is 35.5. The summed E-state index contributed by atoms with van der Waals surface area (Å²) < 4.78 is 5.11. The van der Waals surface area contributed by atoms with E-state index in [1.165, 1.54) is 0 Å². The Kier molecular flexibility index (Phi) is 3.81. The van der Waals surface area contributed by atoms with E-state index >= 15 is 0 Å². The van der Waals surface area contributed by atoms with Crippen LogP contribution in [0.25, 0.3) is 0 Å². The molecule has 0 aliphatic carbocycles. The van der Waals surface area contributed by atoms with E-state index in [-0.39, 0.29) is 18.0 Å². The Morgan fingerprint density at radius 3 is 2.94 bits per heavy atom. The second kappa shape index (κ2) is 5.33. The predicted molar refractivity (Wildman–Crippen MR) is 67.0 cm³/mol. The lowest BCUT2D eigenvalue weighted by Crippen LogP contribution is -2.20. The van der Waals surface area contributed by atoms with Gasteiger partial charge in [0.05, 0.1) is 6.04 Å². The summed E-state index contributed by atoms with van der Waals surface area (Å²) in [6, 6.07) is 5.85. The molecule has 4 N–H and O–H groups in total. The summed E-state index contributed by atoms with van der Waals surface area (Å²) in [7, 11) is 0. The third kappa shape index (κ3) is 3.08. The maximum Gasteiger partial charge on any atom is 0.282 e. The Labute approximate surface area is 105 Å². The molecule has 2 rings (SSSR count). The van der Waals surface area contributed by atoms with Gasteiger partial charge in [0.15, 0.2) is 0 Å². The molecule has 0 aromatic carbocycles. The van der Waals surface area contributed by atoms with Gasteiger partial charge in [-0.05, 0) is 18.6 Å². The lowest BCUT2D eigenvalue weighted by Gasteiger charge is -2.16. The molecule has 0 spiro atoms. The van der Waals surface area contributed by atoms with Crippen LogP contribution >= 0.6 is 11.6 Å². The highest BCUT2D eigenvalue weighted by Gasteiger charge is 2.22. The van der Waals surface area contributed by atoms with Gasteiger partial charge in [-0.2, -0.15) is 0 Å². The van der Waals surface area contributed by atoms with E-state index < -0.39 is 0 Å². The SMILES string of the molecule is NCC(C[C@H]1COC(N)=N1)c1cccc(Cl)n1. The van der Waals surface area contributed by atoms with Gasteiger partial charge in [-0.1, -0.05) is 17.7 Å². The summed E-state index contributed by atoms with van der Waals surface area (Å²) in [6.07, 6.45) is 0.768. The monoisotopic (exact) mass is 254 g/mol. The van der Waals surface area contributed by atoms with Gasteiger partial charge in [-0.25, -0.2) is 9.98 Å². The van der Waals surface area contributed by atoms with Crippen molar-refractivity contribution in [3.63, 3.8) is 0 Å². The lowest BCUT2D eigenvalue weighted by atomic mass is 9.97. The predicted octanol–water partition coefficient (Wildman–Crippen LogP) is 0.881. The van der Waals surface area contributed by atoms with Crippen molar-refractivity contribution in [1.29, 1.82) is 0 Å². The van der Waals surface area contributed by atoms with Gasteiger partial charge in [0.2, 0.25) is 0 Å². The van der Waals surface area contributed by atoms with Crippen LogP contribution in [-0.2, 0) is 4.74 Å². The summed E-state index contributed by atoms with van der Waals surface area (Å²) in [5.74, 6) is 0.122. The fraction of sp³-hybridized carbons (Fsp3) is 0.455. The third-order valence-electron chi connectivity index (χ3n) is 2.73. The maximum absolute atomic E-state index is 5.86. The van der Waals surface area contributed by atoms with Gasteiger partial charge in [0.1, 0.15) is 11.8 Å². The largest absolute Gasteiger partial charge is 0.463 e. The topological polar surface area (TPSA) is 86.5 Å². The van der Waals surface area contributed by atoms with E-state index in [4.69, 9.17) is 27.8 Å². The molecule has 5 nitrogen and oxygen atoms in total. The van der Waals surface area contributed by atoms with Gasteiger partial charge in [0, 0.05) is 18.2 Å². The molecule has 6 heteroatoms. The summed E-state index contributed by atoms with van der Waals surface area (Å²) in [6.45, 7) is 1.02. The first-order valence-corrected chi connectivity index (χ1v) is 5.85. The Hall–Kier alpha value is -1.33. The number of rotatable bonds is 4. The van der Waals surface area contributed by atoms with Crippen molar-refractivity contribution in [2.45, 2.75) is 18.4 Å². The zero-order valence-corrected chi connectivity index (χ0v) is 10.1. The number of halogens is 1. The molecule has 1 unspecified atom stereocenters. The van der Waals surface area contributed by atoms with Crippen molar-refractivity contribution in [2.24, 2.45) is 16.5 Å². The number of nitrogens with two attached hydrogens (primary N) is 2. The van der Waals surface area contributed by atoms with Crippen molar-refractivity contribution in [3.05, 3.63) is 29.0 Å². The standard InChI is InChI=1S/C11H15ClN4O/c12-10-3-1-2-9(16-10)7(5-13)4-8-6-17-11(14)15-8/h1-3,7-8H,4-6,13H2,(H2,14,15)/t7?,8-/m0/s1. The van der Waals surface area contributed by atoms with E-state index in [0.29, 0.717) is 18.3 Å². The molecule has 2 heterocycles. The first kappa shape index (κ1) is 12.1. The molecule has 0 radical (unpaired) electrons. The van der Waals surface area contributed by atoms with Gasteiger partial charge < -0.3 is 16.2 Å². The normalized spacial score (nSPS) is 20.8. The number of hydrogen-bond donors (Lipinski definition) is 2. The highest BCUT2D eigenvalue weighted by Crippen LogP contribution is 2.22. The summed E-state index contributed by atoms with van der Waals surface area (Å²) in [4.78, 5) is 8.45. The molecule has 0 bridgehead atoms. The van der Waals surface area contributed by atoms with Crippen LogP contribution in [-0.4, -0.2) is 30.2 Å². The molecule has 1 aliphatic heterocycles. The number of pyridine rings is 1. The fourth-order valence-corrected chi connectivity index (χ4v) is 2.04. The Morgan fingerprint density at radius 2 is 2.35 bits per heavy atom. The Morgan fingerprint density at radius 1 is 1.53 bits per heavy atom. The minimum absolute atomic E-state index is 0.0596. The van der Waals surface area contributed by atoms with Crippen LogP contribution in [0.1, 0.15) is 18.0 Å². The second-order valence-corrected chi connectivity index (χ2v) is 4.37. The molecule has 0 amide bonds. The van der Waals surface area contributed by atoms with Crippen molar-refractivity contribution in [1.82, 2.24) is 4.98 Å². The molecule has 0 saturated carbocycles. The van der Waals surface area contributed by atoms with Crippen LogP contribution in [0.5, 0.6) is 0 Å². The minimum Gasteiger partial charge on any atom is -0.463 e. The number of nitrogens with zero attached hydrogens (tertiary/aromatic N) is 2. The number of amidine groups is 1. The molecule has 0 saturated heterocycles. The molecule has 1 aromatic heterocycles.